The maximum absolute atomic E-state index is 12.7. The quantitative estimate of drug-likeness (QED) is 0.687. The van der Waals surface area contributed by atoms with Gasteiger partial charge in [-0.2, -0.15) is 13.2 Å². The number of halogens is 3. The second kappa shape index (κ2) is 5.74. The fourth-order valence-corrected chi connectivity index (χ4v) is 2.42. The molecule has 0 radical (unpaired) electrons. The first-order chi connectivity index (χ1) is 9.77. The Hall–Kier alpha value is -2.06. The van der Waals surface area contributed by atoms with Crippen LogP contribution in [0.3, 0.4) is 0 Å². The van der Waals surface area contributed by atoms with Crippen LogP contribution >= 0.6 is 0 Å². The standard InChI is InChI=1S/C12H13F3N2O4/c13-12(14,15)7-2-1-3-8(6-7)16-11(18)9-4-5-10(21-9)17(19)20/h4-5,7-8H,1-3,6H2,(H,16,18)/t7-,8-/m0/s1. The minimum absolute atomic E-state index is 0.0576. The lowest BCUT2D eigenvalue weighted by Crippen LogP contribution is -2.41. The van der Waals surface area contributed by atoms with Crippen LogP contribution in [0.25, 0.3) is 0 Å². The maximum atomic E-state index is 12.7. The van der Waals surface area contributed by atoms with Gasteiger partial charge in [0.1, 0.15) is 4.92 Å². The number of rotatable bonds is 3. The highest BCUT2D eigenvalue weighted by Crippen LogP contribution is 2.37. The topological polar surface area (TPSA) is 85.4 Å². The summed E-state index contributed by atoms with van der Waals surface area (Å²) in [5.41, 5.74) is 0. The molecule has 21 heavy (non-hydrogen) atoms. The molecule has 116 valence electrons. The predicted octanol–water partition coefficient (Wildman–Crippen LogP) is 3.04. The van der Waals surface area contributed by atoms with E-state index in [1.807, 2.05) is 0 Å². The first-order valence-corrected chi connectivity index (χ1v) is 6.39. The molecule has 2 rings (SSSR count). The molecule has 0 aliphatic heterocycles. The monoisotopic (exact) mass is 306 g/mol. The number of amides is 1. The molecule has 0 aromatic carbocycles. The Morgan fingerprint density at radius 3 is 2.67 bits per heavy atom. The van der Waals surface area contributed by atoms with E-state index in [-0.39, 0.29) is 18.6 Å². The fraction of sp³-hybridized carbons (Fsp3) is 0.583. The van der Waals surface area contributed by atoms with Gasteiger partial charge in [0.2, 0.25) is 0 Å². The summed E-state index contributed by atoms with van der Waals surface area (Å²) in [5.74, 6) is -3.04. The Bertz CT molecular complexity index is 541. The largest absolute Gasteiger partial charge is 0.433 e. The summed E-state index contributed by atoms with van der Waals surface area (Å²) in [6.45, 7) is 0. The summed E-state index contributed by atoms with van der Waals surface area (Å²) in [6, 6.07) is 1.54. The number of hydrogen-bond acceptors (Lipinski definition) is 4. The van der Waals surface area contributed by atoms with Crippen molar-refractivity contribution >= 4 is 11.8 Å². The lowest BCUT2D eigenvalue weighted by atomic mass is 9.85. The summed E-state index contributed by atoms with van der Waals surface area (Å²) in [5, 5.41) is 12.9. The predicted molar refractivity (Wildman–Crippen MR) is 64.6 cm³/mol. The normalized spacial score (nSPS) is 22.8. The van der Waals surface area contributed by atoms with Gasteiger partial charge in [-0.05, 0) is 25.3 Å². The summed E-state index contributed by atoms with van der Waals surface area (Å²) >= 11 is 0. The van der Waals surface area contributed by atoms with E-state index >= 15 is 0 Å². The molecule has 1 amide bonds. The molecule has 0 saturated heterocycles. The van der Waals surface area contributed by atoms with Crippen LogP contribution in [0, 0.1) is 16.0 Å². The highest BCUT2D eigenvalue weighted by molar-refractivity contribution is 5.91. The Balaban J connectivity index is 1.97. The van der Waals surface area contributed by atoms with Crippen molar-refractivity contribution in [2.75, 3.05) is 0 Å². The molecule has 2 atom stereocenters. The number of carbonyl (C=O) groups excluding carboxylic acids is 1. The molecule has 1 fully saturated rings. The van der Waals surface area contributed by atoms with Crippen molar-refractivity contribution < 1.29 is 27.3 Å². The van der Waals surface area contributed by atoms with E-state index < -0.39 is 34.9 Å². The third-order valence-corrected chi connectivity index (χ3v) is 3.47. The van der Waals surface area contributed by atoms with E-state index in [0.717, 1.165) is 12.1 Å². The maximum Gasteiger partial charge on any atom is 0.433 e. The van der Waals surface area contributed by atoms with E-state index in [9.17, 15) is 28.1 Å². The van der Waals surface area contributed by atoms with E-state index in [0.29, 0.717) is 12.8 Å². The van der Waals surface area contributed by atoms with Crippen molar-refractivity contribution in [2.24, 2.45) is 5.92 Å². The van der Waals surface area contributed by atoms with Gasteiger partial charge in [0.05, 0.1) is 12.0 Å². The SMILES string of the molecule is O=C(N[C@H]1CCC[C@H](C(F)(F)F)C1)c1ccc([N+](=O)[O-])o1. The van der Waals surface area contributed by atoms with Crippen LogP contribution in [0.4, 0.5) is 19.1 Å². The zero-order valence-corrected chi connectivity index (χ0v) is 10.9. The van der Waals surface area contributed by atoms with E-state index in [1.54, 1.807) is 0 Å². The molecule has 0 spiro atoms. The zero-order chi connectivity index (χ0) is 15.6. The third kappa shape index (κ3) is 3.73. The van der Waals surface area contributed by atoms with Gasteiger partial charge in [0, 0.05) is 6.04 Å². The van der Waals surface area contributed by atoms with Gasteiger partial charge < -0.3 is 9.73 Å². The number of nitro groups is 1. The van der Waals surface area contributed by atoms with Gasteiger partial charge in [0.25, 0.3) is 5.91 Å². The molecule has 1 heterocycles. The number of carbonyl (C=O) groups is 1. The Labute approximate surface area is 117 Å². The van der Waals surface area contributed by atoms with Gasteiger partial charge in [-0.3, -0.25) is 14.9 Å². The van der Waals surface area contributed by atoms with Gasteiger partial charge in [-0.25, -0.2) is 0 Å². The smallest absolute Gasteiger partial charge is 0.395 e. The molecule has 9 heteroatoms. The van der Waals surface area contributed by atoms with Crippen LogP contribution in [0.1, 0.15) is 36.2 Å². The van der Waals surface area contributed by atoms with Crippen LogP contribution in [0.15, 0.2) is 16.5 Å². The Morgan fingerprint density at radius 1 is 1.38 bits per heavy atom. The number of furan rings is 1. The van der Waals surface area contributed by atoms with E-state index in [2.05, 4.69) is 5.32 Å². The van der Waals surface area contributed by atoms with E-state index in [1.165, 1.54) is 0 Å². The molecule has 1 N–H and O–H groups in total. The van der Waals surface area contributed by atoms with Gasteiger partial charge in [-0.1, -0.05) is 6.42 Å². The molecule has 1 saturated carbocycles. The molecule has 1 aromatic heterocycles. The van der Waals surface area contributed by atoms with Crippen molar-refractivity contribution in [3.63, 3.8) is 0 Å². The first kappa shape index (κ1) is 15.3. The molecule has 1 aliphatic carbocycles. The number of nitrogens with zero attached hydrogens (tertiary/aromatic N) is 1. The summed E-state index contributed by atoms with van der Waals surface area (Å²) in [4.78, 5) is 21.4. The highest BCUT2D eigenvalue weighted by atomic mass is 19.4. The number of alkyl halides is 3. The molecule has 0 unspecified atom stereocenters. The van der Waals surface area contributed by atoms with Crippen molar-refractivity contribution in [2.45, 2.75) is 37.9 Å². The molecule has 1 aliphatic rings. The van der Waals surface area contributed by atoms with Crippen LogP contribution in [-0.4, -0.2) is 23.0 Å². The Morgan fingerprint density at radius 2 is 2.10 bits per heavy atom. The van der Waals surface area contributed by atoms with Crippen LogP contribution in [-0.2, 0) is 0 Å². The van der Waals surface area contributed by atoms with Crippen molar-refractivity contribution in [1.82, 2.24) is 5.32 Å². The molecular formula is C12H13F3N2O4. The second-order valence-corrected chi connectivity index (χ2v) is 4.97. The summed E-state index contributed by atoms with van der Waals surface area (Å²) < 4.78 is 42.7. The average molecular weight is 306 g/mol. The van der Waals surface area contributed by atoms with Crippen molar-refractivity contribution in [1.29, 1.82) is 0 Å². The molecular weight excluding hydrogens is 293 g/mol. The van der Waals surface area contributed by atoms with Crippen molar-refractivity contribution in [3.05, 3.63) is 28.0 Å². The zero-order valence-electron chi connectivity index (χ0n) is 10.9. The van der Waals surface area contributed by atoms with Gasteiger partial charge in [0.15, 0.2) is 5.76 Å². The first-order valence-electron chi connectivity index (χ1n) is 6.39. The fourth-order valence-electron chi connectivity index (χ4n) is 2.42. The number of hydrogen-bond donors (Lipinski definition) is 1. The third-order valence-electron chi connectivity index (χ3n) is 3.47. The lowest BCUT2D eigenvalue weighted by molar-refractivity contribution is -0.402. The molecule has 1 aromatic rings. The van der Waals surface area contributed by atoms with Gasteiger partial charge >= 0.3 is 12.1 Å². The minimum atomic E-state index is -4.27. The minimum Gasteiger partial charge on any atom is -0.395 e. The summed E-state index contributed by atoms with van der Waals surface area (Å²) in [6.07, 6.45) is -3.58. The Kier molecular flexibility index (Phi) is 4.19. The van der Waals surface area contributed by atoms with Crippen LogP contribution in [0.2, 0.25) is 0 Å². The van der Waals surface area contributed by atoms with Crippen LogP contribution in [0.5, 0.6) is 0 Å². The second-order valence-electron chi connectivity index (χ2n) is 4.97. The molecule has 0 bridgehead atoms. The van der Waals surface area contributed by atoms with E-state index in [4.69, 9.17) is 4.42 Å². The average Bonchev–Trinajstić information content (AvgIpc) is 2.88. The highest BCUT2D eigenvalue weighted by Gasteiger charge is 2.42. The van der Waals surface area contributed by atoms with Crippen molar-refractivity contribution in [3.8, 4) is 0 Å². The number of nitrogens with one attached hydrogen (secondary N) is 1. The molecule has 6 nitrogen and oxygen atoms in total. The summed E-state index contributed by atoms with van der Waals surface area (Å²) in [7, 11) is 0. The van der Waals surface area contributed by atoms with Gasteiger partial charge in [-0.15, -0.1) is 0 Å². The van der Waals surface area contributed by atoms with Crippen LogP contribution < -0.4 is 5.32 Å². The lowest BCUT2D eigenvalue weighted by Gasteiger charge is -2.30.